The third-order valence-electron chi connectivity index (χ3n) is 2.59. The van der Waals surface area contributed by atoms with Crippen LogP contribution in [0, 0.1) is 0 Å². The third-order valence-corrected chi connectivity index (χ3v) is 5.48. The smallest absolute Gasteiger partial charge is 0.250 e. The Balaban J connectivity index is 2.09. The number of nitrogens with two attached hydrogens (primary N) is 1. The van der Waals surface area contributed by atoms with Gasteiger partial charge >= 0.3 is 0 Å². The van der Waals surface area contributed by atoms with E-state index in [1.54, 1.807) is 22.3 Å². The van der Waals surface area contributed by atoms with Crippen molar-refractivity contribution in [1.82, 2.24) is 19.5 Å². The third kappa shape index (κ3) is 3.18. The van der Waals surface area contributed by atoms with Crippen LogP contribution in [0.15, 0.2) is 22.0 Å². The van der Waals surface area contributed by atoms with Crippen LogP contribution in [0.5, 0.6) is 0 Å². The standard InChI is InChI=1S/C10H15N5O2S2/c1-2-15-7-12-14-9(15)5-13-19(16,17)10-3-8(4-11)6-18-10/h3,6-7,13H,2,4-5,11H2,1H3. The van der Waals surface area contributed by atoms with E-state index in [2.05, 4.69) is 14.9 Å². The molecule has 104 valence electrons. The van der Waals surface area contributed by atoms with Crippen LogP contribution in [0.4, 0.5) is 0 Å². The molecule has 2 aromatic rings. The minimum atomic E-state index is -3.52. The fourth-order valence-electron chi connectivity index (χ4n) is 1.51. The van der Waals surface area contributed by atoms with Gasteiger partial charge in [-0.2, -0.15) is 0 Å². The Morgan fingerprint density at radius 2 is 2.32 bits per heavy atom. The second-order valence-electron chi connectivity index (χ2n) is 3.84. The second-order valence-corrected chi connectivity index (χ2v) is 6.74. The van der Waals surface area contributed by atoms with Crippen molar-refractivity contribution in [3.63, 3.8) is 0 Å². The van der Waals surface area contributed by atoms with E-state index in [0.29, 0.717) is 18.9 Å². The molecule has 2 rings (SSSR count). The second kappa shape index (κ2) is 5.78. The first-order chi connectivity index (χ1) is 9.06. The van der Waals surface area contributed by atoms with Crippen molar-refractivity contribution < 1.29 is 8.42 Å². The summed E-state index contributed by atoms with van der Waals surface area (Å²) in [5, 5.41) is 9.36. The molecule has 0 aliphatic carbocycles. The number of hydrogen-bond donors (Lipinski definition) is 2. The molecule has 0 bridgehead atoms. The topological polar surface area (TPSA) is 103 Å². The molecule has 0 spiro atoms. The molecule has 0 saturated heterocycles. The zero-order valence-electron chi connectivity index (χ0n) is 10.4. The Kier molecular flexibility index (Phi) is 4.30. The van der Waals surface area contributed by atoms with Crippen LogP contribution < -0.4 is 10.5 Å². The van der Waals surface area contributed by atoms with Crippen molar-refractivity contribution in [1.29, 1.82) is 0 Å². The van der Waals surface area contributed by atoms with Gasteiger partial charge in [-0.25, -0.2) is 13.1 Å². The highest BCUT2D eigenvalue weighted by Gasteiger charge is 2.17. The molecule has 0 amide bonds. The Hall–Kier alpha value is -1.29. The Bertz CT molecular complexity index is 646. The first-order valence-electron chi connectivity index (χ1n) is 5.70. The maximum Gasteiger partial charge on any atom is 0.250 e. The van der Waals surface area contributed by atoms with Crippen LogP contribution in [-0.2, 0) is 29.7 Å². The molecule has 3 N–H and O–H groups in total. The summed E-state index contributed by atoms with van der Waals surface area (Å²) in [7, 11) is -3.52. The molecule has 9 heteroatoms. The number of nitrogens with zero attached hydrogens (tertiary/aromatic N) is 3. The molecule has 0 aromatic carbocycles. The molecule has 0 atom stereocenters. The fourth-order valence-corrected chi connectivity index (χ4v) is 3.76. The minimum Gasteiger partial charge on any atom is -0.326 e. The van der Waals surface area contributed by atoms with Crippen LogP contribution in [0.2, 0.25) is 0 Å². The van der Waals surface area contributed by atoms with Gasteiger partial charge in [-0.15, -0.1) is 21.5 Å². The Morgan fingerprint density at radius 1 is 1.53 bits per heavy atom. The lowest BCUT2D eigenvalue weighted by molar-refractivity contribution is 0.577. The monoisotopic (exact) mass is 301 g/mol. The summed E-state index contributed by atoms with van der Waals surface area (Å²) >= 11 is 1.15. The highest BCUT2D eigenvalue weighted by atomic mass is 32.2. The summed E-state index contributed by atoms with van der Waals surface area (Å²) < 4.78 is 28.7. The van der Waals surface area contributed by atoms with E-state index in [1.807, 2.05) is 6.92 Å². The molecular weight excluding hydrogens is 286 g/mol. The van der Waals surface area contributed by atoms with Crippen LogP contribution >= 0.6 is 11.3 Å². The van der Waals surface area contributed by atoms with Gasteiger partial charge in [0.25, 0.3) is 0 Å². The number of nitrogens with one attached hydrogen (secondary N) is 1. The number of aryl methyl sites for hydroxylation is 1. The lowest BCUT2D eigenvalue weighted by Crippen LogP contribution is -2.24. The number of rotatable bonds is 6. The number of sulfonamides is 1. The van der Waals surface area contributed by atoms with E-state index in [4.69, 9.17) is 5.73 Å². The van der Waals surface area contributed by atoms with E-state index in [1.165, 1.54) is 0 Å². The van der Waals surface area contributed by atoms with Crippen LogP contribution in [0.3, 0.4) is 0 Å². The highest BCUT2D eigenvalue weighted by Crippen LogP contribution is 2.19. The molecule has 19 heavy (non-hydrogen) atoms. The zero-order chi connectivity index (χ0) is 13.9. The maximum atomic E-state index is 12.1. The average Bonchev–Trinajstić information content (AvgIpc) is 3.05. The highest BCUT2D eigenvalue weighted by molar-refractivity contribution is 7.91. The quantitative estimate of drug-likeness (QED) is 0.798. The van der Waals surface area contributed by atoms with Gasteiger partial charge < -0.3 is 10.3 Å². The fraction of sp³-hybridized carbons (Fsp3) is 0.400. The van der Waals surface area contributed by atoms with Crippen molar-refractivity contribution >= 4 is 21.4 Å². The molecule has 0 saturated carbocycles. The van der Waals surface area contributed by atoms with Gasteiger partial charge in [-0.1, -0.05) is 0 Å². The predicted molar refractivity (Wildman–Crippen MR) is 71.9 cm³/mol. The van der Waals surface area contributed by atoms with Crippen molar-refractivity contribution in [2.45, 2.75) is 30.8 Å². The van der Waals surface area contributed by atoms with Crippen LogP contribution in [-0.4, -0.2) is 23.2 Å². The van der Waals surface area contributed by atoms with E-state index >= 15 is 0 Å². The molecule has 0 aliphatic rings. The number of aromatic nitrogens is 3. The molecule has 2 heterocycles. The van der Waals surface area contributed by atoms with Gasteiger partial charge in [0.1, 0.15) is 16.4 Å². The minimum absolute atomic E-state index is 0.117. The largest absolute Gasteiger partial charge is 0.326 e. The van der Waals surface area contributed by atoms with E-state index in [0.717, 1.165) is 16.9 Å². The van der Waals surface area contributed by atoms with Gasteiger partial charge in [0.15, 0.2) is 0 Å². The normalized spacial score (nSPS) is 11.9. The summed E-state index contributed by atoms with van der Waals surface area (Å²) in [5.41, 5.74) is 6.27. The Labute approximate surface area is 115 Å². The van der Waals surface area contributed by atoms with Crippen molar-refractivity contribution in [2.24, 2.45) is 5.73 Å². The summed E-state index contributed by atoms with van der Waals surface area (Å²) in [4.78, 5) is 0. The predicted octanol–water partition coefficient (Wildman–Crippen LogP) is 0.297. The molecule has 0 unspecified atom stereocenters. The van der Waals surface area contributed by atoms with Crippen molar-refractivity contribution in [2.75, 3.05) is 0 Å². The van der Waals surface area contributed by atoms with Gasteiger partial charge in [0.05, 0.1) is 6.54 Å². The van der Waals surface area contributed by atoms with E-state index in [-0.39, 0.29) is 10.8 Å². The first kappa shape index (κ1) is 14.1. The zero-order valence-corrected chi connectivity index (χ0v) is 12.0. The number of thiophene rings is 1. The molecule has 0 fully saturated rings. The Morgan fingerprint density at radius 3 is 2.95 bits per heavy atom. The van der Waals surface area contributed by atoms with Crippen molar-refractivity contribution in [3.8, 4) is 0 Å². The lowest BCUT2D eigenvalue weighted by atomic mass is 10.4. The summed E-state index contributed by atoms with van der Waals surface area (Å²) in [6.07, 6.45) is 1.57. The summed E-state index contributed by atoms with van der Waals surface area (Å²) in [6.45, 7) is 3.08. The SMILES string of the molecule is CCn1cnnc1CNS(=O)(=O)c1cc(CN)cs1. The molecule has 2 aromatic heterocycles. The molecular formula is C10H15N5O2S2. The van der Waals surface area contributed by atoms with Gasteiger partial charge in [-0.05, 0) is 23.9 Å². The molecule has 0 radical (unpaired) electrons. The summed E-state index contributed by atoms with van der Waals surface area (Å²) in [5.74, 6) is 0.585. The van der Waals surface area contributed by atoms with Crippen molar-refractivity contribution in [3.05, 3.63) is 29.2 Å². The summed E-state index contributed by atoms with van der Waals surface area (Å²) in [6, 6.07) is 1.58. The number of hydrogen-bond acceptors (Lipinski definition) is 6. The van der Waals surface area contributed by atoms with Crippen LogP contribution in [0.1, 0.15) is 18.3 Å². The maximum absolute atomic E-state index is 12.1. The molecule has 0 aliphatic heterocycles. The van der Waals surface area contributed by atoms with Gasteiger partial charge in [-0.3, -0.25) is 0 Å². The average molecular weight is 301 g/mol. The lowest BCUT2D eigenvalue weighted by Gasteiger charge is -2.05. The van der Waals surface area contributed by atoms with Gasteiger partial charge in [0.2, 0.25) is 10.0 Å². The van der Waals surface area contributed by atoms with E-state index < -0.39 is 10.0 Å². The van der Waals surface area contributed by atoms with E-state index in [9.17, 15) is 8.42 Å². The molecule has 7 nitrogen and oxygen atoms in total. The van der Waals surface area contributed by atoms with Gasteiger partial charge in [0, 0.05) is 13.1 Å². The van der Waals surface area contributed by atoms with Crippen LogP contribution in [0.25, 0.3) is 0 Å². The first-order valence-corrected chi connectivity index (χ1v) is 8.07.